The number of fused-ring (bicyclic) bond motifs is 1. The Morgan fingerprint density at radius 2 is 1.70 bits per heavy atom. The normalized spacial score (nSPS) is 10.9. The SMILES string of the molecule is COc1cc2nccc(Oc3ccc(CC(=O)c4nnc(C)c(-c5ccc(F)cc5)c4Cl)cc3F)c2nc1OC. The molecule has 0 saturated heterocycles. The summed E-state index contributed by atoms with van der Waals surface area (Å²) in [5.41, 5.74) is 2.68. The molecule has 5 rings (SSSR count). The van der Waals surface area contributed by atoms with Crippen LogP contribution in [0.25, 0.3) is 22.2 Å². The van der Waals surface area contributed by atoms with Crippen LogP contribution in [-0.2, 0) is 6.42 Å². The Kier molecular flexibility index (Phi) is 7.52. The second-order valence-corrected chi connectivity index (χ2v) is 9.05. The topological polar surface area (TPSA) is 96.3 Å². The van der Waals surface area contributed by atoms with E-state index in [0.717, 1.165) is 0 Å². The van der Waals surface area contributed by atoms with Crippen LogP contribution in [0.5, 0.6) is 23.1 Å². The summed E-state index contributed by atoms with van der Waals surface area (Å²) in [4.78, 5) is 21.7. The molecule has 11 heteroatoms. The Morgan fingerprint density at radius 3 is 2.40 bits per heavy atom. The third-order valence-electron chi connectivity index (χ3n) is 6.09. The maximum atomic E-state index is 15.1. The van der Waals surface area contributed by atoms with Gasteiger partial charge in [0.2, 0.25) is 0 Å². The van der Waals surface area contributed by atoms with E-state index in [1.165, 1.54) is 44.7 Å². The smallest absolute Gasteiger partial charge is 0.257 e. The number of Topliss-reactive ketones (excluding diaryl/α,β-unsaturated/α-hetero) is 1. The van der Waals surface area contributed by atoms with Gasteiger partial charge >= 0.3 is 0 Å². The average Bonchev–Trinajstić information content (AvgIpc) is 2.94. The van der Waals surface area contributed by atoms with Crippen molar-refractivity contribution >= 4 is 28.4 Å². The van der Waals surface area contributed by atoms with Gasteiger partial charge in [-0.25, -0.2) is 13.8 Å². The summed E-state index contributed by atoms with van der Waals surface area (Å²) in [5, 5.41) is 8.12. The molecule has 0 spiro atoms. The number of rotatable bonds is 8. The minimum absolute atomic E-state index is 0.0639. The molecule has 8 nitrogen and oxygen atoms in total. The number of benzene rings is 2. The van der Waals surface area contributed by atoms with Crippen molar-refractivity contribution in [3.8, 4) is 34.3 Å². The summed E-state index contributed by atoms with van der Waals surface area (Å²) in [6.07, 6.45) is 1.32. The van der Waals surface area contributed by atoms with Crippen molar-refractivity contribution in [2.24, 2.45) is 0 Å². The van der Waals surface area contributed by atoms with Crippen molar-refractivity contribution in [1.29, 1.82) is 0 Å². The van der Waals surface area contributed by atoms with Crippen molar-refractivity contribution in [2.75, 3.05) is 14.2 Å². The van der Waals surface area contributed by atoms with Crippen LogP contribution in [0, 0.1) is 18.6 Å². The zero-order valence-corrected chi connectivity index (χ0v) is 22.3. The van der Waals surface area contributed by atoms with Gasteiger partial charge in [-0.1, -0.05) is 29.8 Å². The summed E-state index contributed by atoms with van der Waals surface area (Å²) in [5.74, 6) is -0.761. The molecule has 40 heavy (non-hydrogen) atoms. The first-order chi connectivity index (χ1) is 19.3. The predicted octanol–water partition coefficient (Wildman–Crippen LogP) is 6.56. The Morgan fingerprint density at radius 1 is 0.925 bits per heavy atom. The molecule has 0 atom stereocenters. The van der Waals surface area contributed by atoms with Gasteiger partial charge in [-0.15, -0.1) is 5.10 Å². The largest absolute Gasteiger partial charge is 0.491 e. The first-order valence-electron chi connectivity index (χ1n) is 11.9. The van der Waals surface area contributed by atoms with E-state index in [4.69, 9.17) is 25.8 Å². The van der Waals surface area contributed by atoms with Crippen molar-refractivity contribution in [1.82, 2.24) is 20.2 Å². The number of aryl methyl sites for hydroxylation is 1. The number of halogens is 3. The van der Waals surface area contributed by atoms with Crippen LogP contribution in [0.1, 0.15) is 21.7 Å². The van der Waals surface area contributed by atoms with E-state index in [0.29, 0.717) is 39.2 Å². The molecule has 0 aliphatic heterocycles. The van der Waals surface area contributed by atoms with Gasteiger partial charge in [0.15, 0.2) is 28.8 Å². The van der Waals surface area contributed by atoms with Crippen LogP contribution in [0.2, 0.25) is 5.02 Å². The minimum Gasteiger partial charge on any atom is -0.491 e. The number of ketones is 1. The summed E-state index contributed by atoms with van der Waals surface area (Å²) >= 11 is 6.55. The van der Waals surface area contributed by atoms with E-state index in [-0.39, 0.29) is 34.5 Å². The molecule has 2 aromatic carbocycles. The average molecular weight is 563 g/mol. The zero-order chi connectivity index (χ0) is 28.4. The standard InChI is InChI=1S/C29H21ClF2N4O4/c1-15-25(17-5-7-18(31)8-6-17)26(30)28(36-35-15)21(37)13-16-4-9-22(19(32)12-16)40-23-10-11-33-20-14-24(38-2)29(39-3)34-27(20)23/h4-12,14H,13H2,1-3H3. The first kappa shape index (κ1) is 26.9. The number of methoxy groups -OCH3 is 2. The third-order valence-corrected chi connectivity index (χ3v) is 6.46. The van der Waals surface area contributed by atoms with E-state index in [9.17, 15) is 9.18 Å². The molecule has 0 aliphatic rings. The van der Waals surface area contributed by atoms with Crippen LogP contribution in [0.4, 0.5) is 8.78 Å². The molecule has 0 bridgehead atoms. The molecule has 0 fully saturated rings. The summed E-state index contributed by atoms with van der Waals surface area (Å²) < 4.78 is 44.8. The number of carbonyl (C=O) groups is 1. The Hall–Kier alpha value is -4.70. The maximum absolute atomic E-state index is 15.1. The van der Waals surface area contributed by atoms with Gasteiger partial charge in [0.25, 0.3) is 5.88 Å². The second kappa shape index (κ2) is 11.2. The Balaban J connectivity index is 1.39. The fourth-order valence-electron chi connectivity index (χ4n) is 4.14. The van der Waals surface area contributed by atoms with Crippen molar-refractivity contribution in [3.63, 3.8) is 0 Å². The van der Waals surface area contributed by atoms with Crippen molar-refractivity contribution < 1.29 is 27.8 Å². The molecule has 5 aromatic rings. The molecule has 3 heterocycles. The Labute approximate surface area is 232 Å². The molecule has 202 valence electrons. The number of aromatic nitrogens is 4. The lowest BCUT2D eigenvalue weighted by Gasteiger charge is -2.12. The number of nitrogens with zero attached hydrogens (tertiary/aromatic N) is 4. The molecule has 0 radical (unpaired) electrons. The van der Waals surface area contributed by atoms with Gasteiger partial charge in [-0.2, -0.15) is 5.10 Å². The molecule has 0 N–H and O–H groups in total. The Bertz CT molecular complexity index is 1750. The fraction of sp³-hybridized carbons (Fsp3) is 0.138. The lowest BCUT2D eigenvalue weighted by atomic mass is 10.0. The molecular weight excluding hydrogens is 542 g/mol. The number of carbonyl (C=O) groups excluding carboxylic acids is 1. The van der Waals surface area contributed by atoms with Gasteiger partial charge in [-0.3, -0.25) is 9.78 Å². The van der Waals surface area contributed by atoms with Crippen LogP contribution >= 0.6 is 11.6 Å². The van der Waals surface area contributed by atoms with E-state index < -0.39 is 17.4 Å². The van der Waals surface area contributed by atoms with Crippen LogP contribution in [-0.4, -0.2) is 40.2 Å². The molecular formula is C29H21ClF2N4O4. The molecule has 0 amide bonds. The molecule has 0 saturated carbocycles. The number of hydrogen-bond donors (Lipinski definition) is 0. The highest BCUT2D eigenvalue weighted by Gasteiger charge is 2.21. The first-order valence-corrected chi connectivity index (χ1v) is 12.3. The summed E-state index contributed by atoms with van der Waals surface area (Å²) in [6.45, 7) is 1.69. The fourth-order valence-corrected chi connectivity index (χ4v) is 4.53. The van der Waals surface area contributed by atoms with E-state index in [1.807, 2.05) is 0 Å². The van der Waals surface area contributed by atoms with Crippen LogP contribution in [0.15, 0.2) is 60.8 Å². The third kappa shape index (κ3) is 5.26. The highest BCUT2D eigenvalue weighted by Crippen LogP contribution is 2.35. The van der Waals surface area contributed by atoms with E-state index in [2.05, 4.69) is 20.2 Å². The maximum Gasteiger partial charge on any atom is 0.257 e. The van der Waals surface area contributed by atoms with Crippen molar-refractivity contribution in [3.05, 3.63) is 94.4 Å². The lowest BCUT2D eigenvalue weighted by molar-refractivity contribution is 0.0987. The second-order valence-electron chi connectivity index (χ2n) is 8.67. The van der Waals surface area contributed by atoms with Crippen molar-refractivity contribution in [2.45, 2.75) is 13.3 Å². The van der Waals surface area contributed by atoms with Gasteiger partial charge in [0.05, 0.1) is 30.5 Å². The van der Waals surface area contributed by atoms with Crippen LogP contribution < -0.4 is 14.2 Å². The number of pyridine rings is 2. The minimum atomic E-state index is -0.691. The highest BCUT2D eigenvalue weighted by atomic mass is 35.5. The monoisotopic (exact) mass is 562 g/mol. The van der Waals surface area contributed by atoms with Crippen LogP contribution in [0.3, 0.4) is 0 Å². The summed E-state index contributed by atoms with van der Waals surface area (Å²) in [7, 11) is 2.93. The predicted molar refractivity (Wildman–Crippen MR) is 144 cm³/mol. The van der Waals surface area contributed by atoms with Gasteiger partial charge in [0, 0.05) is 30.3 Å². The van der Waals surface area contributed by atoms with E-state index in [1.54, 1.807) is 37.3 Å². The molecule has 3 aromatic heterocycles. The quantitative estimate of drug-likeness (QED) is 0.196. The van der Waals surface area contributed by atoms with E-state index >= 15 is 4.39 Å². The van der Waals surface area contributed by atoms with Gasteiger partial charge in [0.1, 0.15) is 17.0 Å². The lowest BCUT2D eigenvalue weighted by Crippen LogP contribution is -2.10. The summed E-state index contributed by atoms with van der Waals surface area (Å²) in [6, 6.07) is 13.0. The number of ether oxygens (including phenoxy) is 3. The highest BCUT2D eigenvalue weighted by molar-refractivity contribution is 6.36. The molecule has 0 unspecified atom stereocenters. The zero-order valence-electron chi connectivity index (χ0n) is 21.5. The number of hydrogen-bond acceptors (Lipinski definition) is 8. The van der Waals surface area contributed by atoms with Gasteiger partial charge in [-0.05, 0) is 42.3 Å². The van der Waals surface area contributed by atoms with Gasteiger partial charge < -0.3 is 14.2 Å². The molecule has 0 aliphatic carbocycles.